The van der Waals surface area contributed by atoms with Crippen LogP contribution in [0.25, 0.3) is 0 Å². The number of para-hydroxylation sites is 1. The van der Waals surface area contributed by atoms with Gasteiger partial charge in [-0.25, -0.2) is 0 Å². The fraction of sp³-hybridized carbons (Fsp3) is 0.273. The highest BCUT2D eigenvalue weighted by molar-refractivity contribution is 8.06. The maximum Gasteiger partial charge on any atom is 0.0865 e. The van der Waals surface area contributed by atoms with Gasteiger partial charge in [-0.1, -0.05) is 23.9 Å². The van der Waals surface area contributed by atoms with Crippen molar-refractivity contribution < 1.29 is 0 Å². The maximum absolute atomic E-state index is 2.36. The maximum atomic E-state index is 2.36. The quantitative estimate of drug-likeness (QED) is 0.751. The first-order valence-corrected chi connectivity index (χ1v) is 6.74. The smallest absolute Gasteiger partial charge is 0.0865 e. The van der Waals surface area contributed by atoms with Crippen LogP contribution in [0, 0.1) is 0 Å². The summed E-state index contributed by atoms with van der Waals surface area (Å²) in [5, 5.41) is 3.56. The average Bonchev–Trinajstić information content (AvgIpc) is 2.55. The van der Waals surface area contributed by atoms with Crippen molar-refractivity contribution in [3.8, 4) is 0 Å². The molecule has 1 aromatic carbocycles. The van der Waals surface area contributed by atoms with E-state index in [2.05, 4.69) is 47.8 Å². The van der Waals surface area contributed by atoms with Gasteiger partial charge in [0.25, 0.3) is 0 Å². The summed E-state index contributed by atoms with van der Waals surface area (Å²) < 4.78 is 0. The number of rotatable bonds is 2. The van der Waals surface area contributed by atoms with E-state index in [1.165, 1.54) is 15.6 Å². The molecule has 0 aliphatic carbocycles. The van der Waals surface area contributed by atoms with E-state index in [-0.39, 0.29) is 0 Å². The van der Waals surface area contributed by atoms with Gasteiger partial charge < -0.3 is 4.90 Å². The number of hydrogen-bond acceptors (Lipinski definition) is 3. The molecule has 1 nitrogen and oxygen atoms in total. The zero-order chi connectivity index (χ0) is 9.97. The second-order valence-corrected chi connectivity index (χ2v) is 4.78. The molecule has 3 heteroatoms. The zero-order valence-corrected chi connectivity index (χ0v) is 9.99. The molecule has 0 saturated heterocycles. The van der Waals surface area contributed by atoms with Gasteiger partial charge in [-0.3, -0.25) is 0 Å². The van der Waals surface area contributed by atoms with Crippen LogP contribution < -0.4 is 4.90 Å². The van der Waals surface area contributed by atoms with E-state index in [0.29, 0.717) is 0 Å². The number of benzene rings is 1. The lowest BCUT2D eigenvalue weighted by atomic mass is 10.3. The number of thioether (sulfide) groups is 2. The summed E-state index contributed by atoms with van der Waals surface area (Å²) in [6.07, 6.45) is 2.10. The first-order chi connectivity index (χ1) is 6.86. The summed E-state index contributed by atoms with van der Waals surface area (Å²) in [6, 6.07) is 8.57. The highest BCUT2D eigenvalue weighted by atomic mass is 32.2. The molecule has 0 spiro atoms. The van der Waals surface area contributed by atoms with Crippen LogP contribution >= 0.6 is 23.5 Å². The van der Waals surface area contributed by atoms with Crippen molar-refractivity contribution in [1.82, 2.24) is 0 Å². The van der Waals surface area contributed by atoms with Crippen LogP contribution in [0.1, 0.15) is 6.92 Å². The van der Waals surface area contributed by atoms with Gasteiger partial charge in [0.1, 0.15) is 0 Å². The van der Waals surface area contributed by atoms with Gasteiger partial charge >= 0.3 is 0 Å². The summed E-state index contributed by atoms with van der Waals surface area (Å²) in [4.78, 5) is 3.73. The Labute approximate surface area is 93.6 Å². The topological polar surface area (TPSA) is 3.24 Å². The van der Waals surface area contributed by atoms with E-state index in [0.717, 1.165) is 6.54 Å². The lowest BCUT2D eigenvalue weighted by Crippen LogP contribution is -2.15. The zero-order valence-electron chi connectivity index (χ0n) is 8.36. The minimum absolute atomic E-state index is 1.04. The van der Waals surface area contributed by atoms with Crippen molar-refractivity contribution in [1.29, 1.82) is 0 Å². The first kappa shape index (κ1) is 9.99. The first-order valence-electron chi connectivity index (χ1n) is 4.64. The summed E-state index contributed by atoms with van der Waals surface area (Å²) in [7, 11) is 0. The Morgan fingerprint density at radius 1 is 1.43 bits per heavy atom. The van der Waals surface area contributed by atoms with Crippen LogP contribution in [0.3, 0.4) is 0 Å². The van der Waals surface area contributed by atoms with E-state index >= 15 is 0 Å². The van der Waals surface area contributed by atoms with Crippen molar-refractivity contribution in [2.75, 3.05) is 17.7 Å². The fourth-order valence-corrected chi connectivity index (χ4v) is 3.37. The predicted octanol–water partition coefficient (Wildman–Crippen LogP) is 3.78. The van der Waals surface area contributed by atoms with Crippen LogP contribution in [0.4, 0.5) is 5.69 Å². The van der Waals surface area contributed by atoms with Crippen LogP contribution in [0.5, 0.6) is 0 Å². The molecule has 0 amide bonds. The second-order valence-electron chi connectivity index (χ2n) is 3.01. The molecule has 1 aliphatic rings. The predicted molar refractivity (Wildman–Crippen MR) is 66.9 cm³/mol. The lowest BCUT2D eigenvalue weighted by molar-refractivity contribution is 1.00. The molecule has 0 radical (unpaired) electrons. The van der Waals surface area contributed by atoms with Gasteiger partial charge in [0.2, 0.25) is 0 Å². The average molecular weight is 223 g/mol. The standard InChI is InChI=1S/C11H13NS2/c1-3-12-9-6-4-5-7-10(9)14-11(12)8-13-2/h4-8H,3H2,1-2H3/b11-8-. The Bertz CT molecular complexity index is 360. The van der Waals surface area contributed by atoms with E-state index in [4.69, 9.17) is 0 Å². The van der Waals surface area contributed by atoms with Gasteiger partial charge in [0.15, 0.2) is 0 Å². The van der Waals surface area contributed by atoms with Crippen molar-refractivity contribution in [2.45, 2.75) is 11.8 Å². The van der Waals surface area contributed by atoms with E-state index < -0.39 is 0 Å². The van der Waals surface area contributed by atoms with Crippen molar-refractivity contribution >= 4 is 29.2 Å². The molecule has 74 valence electrons. The number of anilines is 1. The van der Waals surface area contributed by atoms with Crippen LogP contribution in [0.15, 0.2) is 39.6 Å². The number of fused-ring (bicyclic) bond motifs is 1. The van der Waals surface area contributed by atoms with Crippen molar-refractivity contribution in [3.05, 3.63) is 34.7 Å². The lowest BCUT2D eigenvalue weighted by Gasteiger charge is -2.17. The molecule has 14 heavy (non-hydrogen) atoms. The third-order valence-corrected chi connectivity index (χ3v) is 3.89. The summed E-state index contributed by atoms with van der Waals surface area (Å²) in [5.41, 5.74) is 1.35. The minimum Gasteiger partial charge on any atom is -0.335 e. The Hall–Kier alpha value is -0.540. The summed E-state index contributed by atoms with van der Waals surface area (Å²) in [6.45, 7) is 3.23. The second kappa shape index (κ2) is 4.32. The van der Waals surface area contributed by atoms with E-state index in [9.17, 15) is 0 Å². The van der Waals surface area contributed by atoms with Gasteiger partial charge in [0, 0.05) is 16.8 Å². The highest BCUT2D eigenvalue weighted by Crippen LogP contribution is 2.45. The van der Waals surface area contributed by atoms with Gasteiger partial charge in [-0.2, -0.15) is 0 Å². The Balaban J connectivity index is 2.38. The molecule has 1 aliphatic heterocycles. The van der Waals surface area contributed by atoms with E-state index in [1.807, 2.05) is 11.8 Å². The normalized spacial score (nSPS) is 17.6. The third-order valence-electron chi connectivity index (χ3n) is 2.17. The summed E-state index contributed by atoms with van der Waals surface area (Å²) in [5.74, 6) is 0. The molecule has 0 aromatic heterocycles. The molecule has 1 heterocycles. The Morgan fingerprint density at radius 3 is 2.93 bits per heavy atom. The SMILES string of the molecule is CCN1/C(=C/SC)Sc2ccccc21. The Morgan fingerprint density at radius 2 is 2.21 bits per heavy atom. The molecular formula is C11H13NS2. The molecule has 0 bridgehead atoms. The van der Waals surface area contributed by atoms with Crippen LogP contribution in [-0.2, 0) is 0 Å². The molecule has 0 N–H and O–H groups in total. The summed E-state index contributed by atoms with van der Waals surface area (Å²) >= 11 is 3.62. The van der Waals surface area contributed by atoms with Crippen molar-refractivity contribution in [2.24, 2.45) is 0 Å². The third kappa shape index (κ3) is 1.66. The molecular weight excluding hydrogens is 210 g/mol. The fourth-order valence-electron chi connectivity index (χ4n) is 1.57. The largest absolute Gasteiger partial charge is 0.335 e. The Kier molecular flexibility index (Phi) is 3.08. The molecule has 0 fully saturated rings. The van der Waals surface area contributed by atoms with Crippen molar-refractivity contribution in [3.63, 3.8) is 0 Å². The van der Waals surface area contributed by atoms with Gasteiger partial charge in [-0.05, 0) is 25.3 Å². The highest BCUT2D eigenvalue weighted by Gasteiger charge is 2.22. The van der Waals surface area contributed by atoms with Crippen LogP contribution in [0.2, 0.25) is 0 Å². The monoisotopic (exact) mass is 223 g/mol. The molecule has 0 atom stereocenters. The van der Waals surface area contributed by atoms with Crippen LogP contribution in [-0.4, -0.2) is 12.8 Å². The molecule has 1 aromatic rings. The van der Waals surface area contributed by atoms with E-state index in [1.54, 1.807) is 11.8 Å². The number of hydrogen-bond donors (Lipinski definition) is 0. The molecule has 0 unspecified atom stereocenters. The van der Waals surface area contributed by atoms with Gasteiger partial charge in [0.05, 0.1) is 10.7 Å². The molecule has 2 rings (SSSR count). The minimum atomic E-state index is 1.04. The number of nitrogens with zero attached hydrogens (tertiary/aromatic N) is 1. The van der Waals surface area contributed by atoms with Gasteiger partial charge in [-0.15, -0.1) is 11.8 Å². The molecule has 0 saturated carbocycles.